The Morgan fingerprint density at radius 1 is 1.12 bits per heavy atom. The lowest BCUT2D eigenvalue weighted by atomic mass is 9.94. The number of nitrogens with zero attached hydrogens (tertiary/aromatic N) is 1. The second-order valence-corrected chi connectivity index (χ2v) is 6.83. The SMILES string of the molecule is O=C(O)N[C@H]1CN(Cc2ccccc2)C[C@@H]1c1ccc(Cl)c(Cl)c1. The first-order valence-corrected chi connectivity index (χ1v) is 8.49. The minimum atomic E-state index is -1.01. The predicted molar refractivity (Wildman–Crippen MR) is 95.9 cm³/mol. The van der Waals surface area contributed by atoms with E-state index >= 15 is 0 Å². The van der Waals surface area contributed by atoms with Crippen LogP contribution in [0.15, 0.2) is 48.5 Å². The number of carbonyl (C=O) groups is 1. The van der Waals surface area contributed by atoms with Crippen LogP contribution in [0.25, 0.3) is 0 Å². The molecule has 1 saturated heterocycles. The van der Waals surface area contributed by atoms with Gasteiger partial charge in [-0.05, 0) is 23.3 Å². The number of amides is 1. The van der Waals surface area contributed by atoms with Gasteiger partial charge in [-0.15, -0.1) is 0 Å². The average Bonchev–Trinajstić information content (AvgIpc) is 2.92. The van der Waals surface area contributed by atoms with Gasteiger partial charge >= 0.3 is 6.09 Å². The third-order valence-electron chi connectivity index (χ3n) is 4.33. The van der Waals surface area contributed by atoms with Crippen molar-refractivity contribution in [2.45, 2.75) is 18.5 Å². The Bertz CT molecular complexity index is 724. The molecule has 1 fully saturated rings. The Labute approximate surface area is 151 Å². The van der Waals surface area contributed by atoms with E-state index < -0.39 is 6.09 Å². The van der Waals surface area contributed by atoms with Crippen LogP contribution < -0.4 is 5.32 Å². The van der Waals surface area contributed by atoms with Gasteiger partial charge in [0.1, 0.15) is 0 Å². The molecule has 1 heterocycles. The maximum Gasteiger partial charge on any atom is 0.404 e. The van der Waals surface area contributed by atoms with Crippen LogP contribution in [0.5, 0.6) is 0 Å². The molecule has 3 rings (SSSR count). The lowest BCUT2D eigenvalue weighted by Gasteiger charge is -2.19. The summed E-state index contributed by atoms with van der Waals surface area (Å²) in [6, 6.07) is 15.5. The molecule has 0 saturated carbocycles. The molecule has 1 aliphatic rings. The molecule has 2 aromatic rings. The first-order valence-electron chi connectivity index (χ1n) is 7.73. The first-order chi connectivity index (χ1) is 11.5. The molecule has 2 aromatic carbocycles. The van der Waals surface area contributed by atoms with Crippen LogP contribution in [0, 0.1) is 0 Å². The predicted octanol–water partition coefficient (Wildman–Crippen LogP) is 4.23. The molecule has 126 valence electrons. The average molecular weight is 365 g/mol. The zero-order valence-electron chi connectivity index (χ0n) is 13.0. The summed E-state index contributed by atoms with van der Waals surface area (Å²) in [7, 11) is 0. The van der Waals surface area contributed by atoms with Crippen LogP contribution in [-0.2, 0) is 6.54 Å². The molecule has 24 heavy (non-hydrogen) atoms. The molecule has 0 aliphatic carbocycles. The second-order valence-electron chi connectivity index (χ2n) is 6.02. The van der Waals surface area contributed by atoms with Gasteiger partial charge in [-0.2, -0.15) is 0 Å². The number of rotatable bonds is 4. The highest BCUT2D eigenvalue weighted by Crippen LogP contribution is 2.32. The summed E-state index contributed by atoms with van der Waals surface area (Å²) in [5.41, 5.74) is 2.21. The van der Waals surface area contributed by atoms with Crippen molar-refractivity contribution in [3.8, 4) is 0 Å². The molecular weight excluding hydrogens is 347 g/mol. The quantitative estimate of drug-likeness (QED) is 0.853. The van der Waals surface area contributed by atoms with Gasteiger partial charge in [0.15, 0.2) is 0 Å². The van der Waals surface area contributed by atoms with Crippen molar-refractivity contribution < 1.29 is 9.90 Å². The Kier molecular flexibility index (Phi) is 5.29. The van der Waals surface area contributed by atoms with Gasteiger partial charge in [-0.25, -0.2) is 4.79 Å². The fourth-order valence-electron chi connectivity index (χ4n) is 3.24. The van der Waals surface area contributed by atoms with Gasteiger partial charge in [0.05, 0.1) is 16.1 Å². The zero-order valence-corrected chi connectivity index (χ0v) is 14.5. The van der Waals surface area contributed by atoms with Gasteiger partial charge in [-0.3, -0.25) is 4.90 Å². The van der Waals surface area contributed by atoms with Crippen LogP contribution in [0.3, 0.4) is 0 Å². The van der Waals surface area contributed by atoms with E-state index in [4.69, 9.17) is 28.3 Å². The Morgan fingerprint density at radius 3 is 2.54 bits per heavy atom. The van der Waals surface area contributed by atoms with E-state index in [2.05, 4.69) is 22.3 Å². The normalized spacial score (nSPS) is 20.9. The summed E-state index contributed by atoms with van der Waals surface area (Å²) in [6.07, 6.45) is -1.01. The Hall–Kier alpha value is -1.75. The molecule has 0 radical (unpaired) electrons. The molecule has 1 aliphatic heterocycles. The summed E-state index contributed by atoms with van der Waals surface area (Å²) in [4.78, 5) is 13.4. The molecule has 0 aromatic heterocycles. The van der Waals surface area contributed by atoms with Gasteiger partial charge in [0, 0.05) is 25.6 Å². The van der Waals surface area contributed by atoms with E-state index in [1.807, 2.05) is 30.3 Å². The van der Waals surface area contributed by atoms with Crippen LogP contribution in [0.2, 0.25) is 10.0 Å². The lowest BCUT2D eigenvalue weighted by molar-refractivity contribution is 0.188. The minimum absolute atomic E-state index is 0.0413. The molecule has 0 bridgehead atoms. The molecule has 0 spiro atoms. The number of hydrogen-bond donors (Lipinski definition) is 2. The smallest absolute Gasteiger partial charge is 0.404 e. The summed E-state index contributed by atoms with van der Waals surface area (Å²) in [5, 5.41) is 12.8. The van der Waals surface area contributed by atoms with E-state index in [9.17, 15) is 4.79 Å². The van der Waals surface area contributed by atoms with E-state index in [1.165, 1.54) is 5.56 Å². The highest BCUT2D eigenvalue weighted by Gasteiger charge is 2.35. The number of halogens is 2. The Morgan fingerprint density at radius 2 is 1.88 bits per heavy atom. The maximum atomic E-state index is 11.1. The molecule has 2 N–H and O–H groups in total. The number of nitrogens with one attached hydrogen (secondary N) is 1. The van der Waals surface area contributed by atoms with Crippen LogP contribution >= 0.6 is 23.2 Å². The third-order valence-corrected chi connectivity index (χ3v) is 5.06. The molecule has 6 heteroatoms. The topological polar surface area (TPSA) is 52.6 Å². The van der Waals surface area contributed by atoms with E-state index in [0.29, 0.717) is 16.6 Å². The summed E-state index contributed by atoms with van der Waals surface area (Å²) < 4.78 is 0. The molecular formula is C18H18Cl2N2O2. The highest BCUT2D eigenvalue weighted by atomic mass is 35.5. The second kappa shape index (κ2) is 7.43. The summed E-state index contributed by atoms with van der Waals surface area (Å²) >= 11 is 12.1. The fraction of sp³-hybridized carbons (Fsp3) is 0.278. The van der Waals surface area contributed by atoms with Crippen molar-refractivity contribution >= 4 is 29.3 Å². The molecule has 4 nitrogen and oxygen atoms in total. The van der Waals surface area contributed by atoms with Crippen molar-refractivity contribution in [2.24, 2.45) is 0 Å². The van der Waals surface area contributed by atoms with Crippen LogP contribution in [-0.4, -0.2) is 35.2 Å². The largest absolute Gasteiger partial charge is 0.465 e. The Balaban J connectivity index is 1.79. The number of hydrogen-bond acceptors (Lipinski definition) is 2. The zero-order chi connectivity index (χ0) is 17.1. The van der Waals surface area contributed by atoms with Gasteiger partial charge < -0.3 is 10.4 Å². The van der Waals surface area contributed by atoms with Gasteiger partial charge in [0.2, 0.25) is 0 Å². The summed E-state index contributed by atoms with van der Waals surface area (Å²) in [5.74, 6) is 0.0413. The molecule has 2 atom stereocenters. The van der Waals surface area contributed by atoms with Crippen molar-refractivity contribution in [3.05, 3.63) is 69.7 Å². The number of likely N-dealkylation sites (tertiary alicyclic amines) is 1. The fourth-order valence-corrected chi connectivity index (χ4v) is 3.55. The van der Waals surface area contributed by atoms with E-state index in [-0.39, 0.29) is 12.0 Å². The van der Waals surface area contributed by atoms with Crippen molar-refractivity contribution in [1.82, 2.24) is 10.2 Å². The molecule has 1 amide bonds. The lowest BCUT2D eigenvalue weighted by Crippen LogP contribution is -2.38. The first kappa shape index (κ1) is 17.1. The standard InChI is InChI=1S/C18H18Cl2N2O2/c19-15-7-6-13(8-16(15)20)14-10-22(11-17(14)21-18(23)24)9-12-4-2-1-3-5-12/h1-8,14,17,21H,9-11H2,(H,23,24)/t14-,17+/m1/s1. The van der Waals surface area contributed by atoms with Crippen molar-refractivity contribution in [1.29, 1.82) is 0 Å². The molecule has 0 unspecified atom stereocenters. The van der Waals surface area contributed by atoms with Gasteiger partial charge in [-0.1, -0.05) is 59.6 Å². The van der Waals surface area contributed by atoms with Gasteiger partial charge in [0.25, 0.3) is 0 Å². The van der Waals surface area contributed by atoms with E-state index in [1.54, 1.807) is 6.07 Å². The van der Waals surface area contributed by atoms with E-state index in [0.717, 1.165) is 18.7 Å². The third kappa shape index (κ3) is 4.01. The summed E-state index contributed by atoms with van der Waals surface area (Å²) in [6.45, 7) is 2.21. The minimum Gasteiger partial charge on any atom is -0.465 e. The maximum absolute atomic E-state index is 11.1. The van der Waals surface area contributed by atoms with Crippen molar-refractivity contribution in [2.75, 3.05) is 13.1 Å². The van der Waals surface area contributed by atoms with Crippen molar-refractivity contribution in [3.63, 3.8) is 0 Å². The monoisotopic (exact) mass is 364 g/mol. The van der Waals surface area contributed by atoms with Crippen LogP contribution in [0.4, 0.5) is 4.79 Å². The number of benzene rings is 2. The van der Waals surface area contributed by atoms with Crippen LogP contribution in [0.1, 0.15) is 17.0 Å². The number of carboxylic acid groups (broad SMARTS) is 1. The highest BCUT2D eigenvalue weighted by molar-refractivity contribution is 6.42.